The summed E-state index contributed by atoms with van der Waals surface area (Å²) in [6, 6.07) is 13.1. The summed E-state index contributed by atoms with van der Waals surface area (Å²) in [6.07, 6.45) is 1.68. The number of hydrogen-bond donors (Lipinski definition) is 1. The van der Waals surface area contributed by atoms with Crippen LogP contribution >= 0.6 is 0 Å². The van der Waals surface area contributed by atoms with E-state index in [-0.39, 0.29) is 17.8 Å². The first-order valence-corrected chi connectivity index (χ1v) is 10.8. The van der Waals surface area contributed by atoms with Crippen molar-refractivity contribution in [3.05, 3.63) is 76.4 Å². The molecule has 0 fully saturated rings. The third kappa shape index (κ3) is 4.37. The fraction of sp³-hybridized carbons (Fsp3) is 0.375. The normalized spacial score (nSPS) is 14.8. The van der Waals surface area contributed by atoms with E-state index in [0.717, 1.165) is 37.3 Å². The molecule has 0 bridgehead atoms. The van der Waals surface area contributed by atoms with Crippen LogP contribution in [0.15, 0.2) is 42.5 Å². The molecule has 0 saturated heterocycles. The number of halogens is 1. The lowest BCUT2D eigenvalue weighted by molar-refractivity contribution is 0.0933. The monoisotopic (exact) mass is 421 g/mol. The first-order valence-electron chi connectivity index (χ1n) is 10.8. The lowest BCUT2D eigenvalue weighted by Crippen LogP contribution is -2.32. The number of carbonyl (C=O) groups is 1. The van der Waals surface area contributed by atoms with Gasteiger partial charge in [-0.3, -0.25) is 9.69 Å². The molecule has 7 heteroatoms. The summed E-state index contributed by atoms with van der Waals surface area (Å²) in [5, 5.41) is 11.4. The van der Waals surface area contributed by atoms with E-state index in [9.17, 15) is 9.18 Å². The molecule has 0 radical (unpaired) electrons. The maximum absolute atomic E-state index is 14.1. The number of fused-ring (bicyclic) bond motifs is 1. The van der Waals surface area contributed by atoms with Gasteiger partial charge in [-0.2, -0.15) is 0 Å². The lowest BCUT2D eigenvalue weighted by Gasteiger charge is -2.30. The zero-order valence-electron chi connectivity index (χ0n) is 18.2. The lowest BCUT2D eigenvalue weighted by atomic mass is 9.97. The number of nitrogens with one attached hydrogen (secondary N) is 1. The zero-order chi connectivity index (χ0) is 22.0. The summed E-state index contributed by atoms with van der Waals surface area (Å²) in [6.45, 7) is 8.02. The van der Waals surface area contributed by atoms with Gasteiger partial charge in [0, 0.05) is 31.2 Å². The van der Waals surface area contributed by atoms with Crippen molar-refractivity contribution >= 4 is 5.91 Å². The highest BCUT2D eigenvalue weighted by Crippen LogP contribution is 2.27. The molecule has 0 spiro atoms. The van der Waals surface area contributed by atoms with E-state index in [4.69, 9.17) is 0 Å². The van der Waals surface area contributed by atoms with Crippen molar-refractivity contribution in [1.82, 2.24) is 25.2 Å². The Balaban J connectivity index is 1.57. The summed E-state index contributed by atoms with van der Waals surface area (Å²) >= 11 is 0. The Hall–Kier alpha value is -3.06. The largest absolute Gasteiger partial charge is 0.348 e. The molecular weight excluding hydrogens is 393 g/mol. The Morgan fingerprint density at radius 2 is 2.03 bits per heavy atom. The van der Waals surface area contributed by atoms with Crippen molar-refractivity contribution in [2.45, 2.75) is 52.7 Å². The van der Waals surface area contributed by atoms with Gasteiger partial charge in [-0.25, -0.2) is 9.07 Å². The minimum Gasteiger partial charge on any atom is -0.348 e. The fourth-order valence-corrected chi connectivity index (χ4v) is 4.01. The molecule has 1 unspecified atom stereocenters. The number of carbonyl (C=O) groups excluding carboxylic acids is 1. The number of rotatable bonds is 6. The van der Waals surface area contributed by atoms with Gasteiger partial charge in [0.15, 0.2) is 5.69 Å². The van der Waals surface area contributed by atoms with Gasteiger partial charge in [-0.05, 0) is 49.9 Å². The quantitative estimate of drug-likeness (QED) is 0.658. The van der Waals surface area contributed by atoms with Crippen LogP contribution in [0.2, 0.25) is 0 Å². The Bertz CT molecular complexity index is 1090. The van der Waals surface area contributed by atoms with Crippen LogP contribution in [0.5, 0.6) is 0 Å². The second-order valence-electron chi connectivity index (χ2n) is 8.18. The molecule has 1 aliphatic rings. The average Bonchev–Trinajstić information content (AvgIpc) is 3.16. The van der Waals surface area contributed by atoms with Crippen molar-refractivity contribution in [1.29, 1.82) is 0 Å². The average molecular weight is 422 g/mol. The minimum atomic E-state index is -0.195. The molecule has 162 valence electrons. The van der Waals surface area contributed by atoms with Gasteiger partial charge in [0.1, 0.15) is 5.82 Å². The predicted octanol–water partition coefficient (Wildman–Crippen LogP) is 3.80. The van der Waals surface area contributed by atoms with Gasteiger partial charge in [-0.15, -0.1) is 5.10 Å². The fourth-order valence-electron chi connectivity index (χ4n) is 4.01. The molecular formula is C24H28FN5O. The van der Waals surface area contributed by atoms with Gasteiger partial charge in [0.25, 0.3) is 5.91 Å². The third-order valence-corrected chi connectivity index (χ3v) is 6.00. The van der Waals surface area contributed by atoms with Gasteiger partial charge in [0.2, 0.25) is 0 Å². The minimum absolute atomic E-state index is 0.0852. The van der Waals surface area contributed by atoms with E-state index in [2.05, 4.69) is 26.6 Å². The molecule has 6 nitrogen and oxygen atoms in total. The molecule has 3 aromatic rings. The molecule has 4 rings (SSSR count). The number of benzene rings is 2. The van der Waals surface area contributed by atoms with Crippen molar-refractivity contribution in [2.75, 3.05) is 6.54 Å². The smallest absolute Gasteiger partial charge is 0.273 e. The predicted molar refractivity (Wildman–Crippen MR) is 118 cm³/mol. The van der Waals surface area contributed by atoms with Gasteiger partial charge >= 0.3 is 0 Å². The van der Waals surface area contributed by atoms with Crippen molar-refractivity contribution in [2.24, 2.45) is 0 Å². The molecule has 0 saturated carbocycles. The first-order chi connectivity index (χ1) is 15.0. The van der Waals surface area contributed by atoms with Crippen molar-refractivity contribution < 1.29 is 9.18 Å². The Morgan fingerprint density at radius 3 is 2.81 bits per heavy atom. The Labute approximate surface area is 182 Å². The van der Waals surface area contributed by atoms with E-state index in [0.29, 0.717) is 17.8 Å². The summed E-state index contributed by atoms with van der Waals surface area (Å²) in [5.74, 6) is -0.359. The van der Waals surface area contributed by atoms with Crippen molar-refractivity contribution in [3.8, 4) is 5.69 Å². The maximum atomic E-state index is 14.1. The van der Waals surface area contributed by atoms with E-state index in [1.165, 1.54) is 17.2 Å². The van der Waals surface area contributed by atoms with Crippen LogP contribution in [0, 0.1) is 12.7 Å². The van der Waals surface area contributed by atoms with Crippen LogP contribution in [0.25, 0.3) is 5.69 Å². The number of aromatic nitrogens is 3. The molecule has 1 aromatic heterocycles. The third-order valence-electron chi connectivity index (χ3n) is 6.00. The second kappa shape index (κ2) is 8.98. The summed E-state index contributed by atoms with van der Waals surface area (Å²) < 4.78 is 15.8. The number of amides is 1. The van der Waals surface area contributed by atoms with Crippen LogP contribution in [0.3, 0.4) is 0 Å². The topological polar surface area (TPSA) is 63.1 Å². The van der Waals surface area contributed by atoms with Crippen LogP contribution in [-0.4, -0.2) is 38.4 Å². The molecule has 0 aliphatic carbocycles. The highest BCUT2D eigenvalue weighted by molar-refractivity contribution is 5.93. The summed E-state index contributed by atoms with van der Waals surface area (Å²) in [7, 11) is 0. The zero-order valence-corrected chi connectivity index (χ0v) is 18.2. The molecule has 1 N–H and O–H groups in total. The maximum Gasteiger partial charge on any atom is 0.273 e. The summed E-state index contributed by atoms with van der Waals surface area (Å²) in [5.41, 5.74) is 5.15. The highest BCUT2D eigenvalue weighted by atomic mass is 19.1. The van der Waals surface area contributed by atoms with E-state index in [1.807, 2.05) is 45.0 Å². The van der Waals surface area contributed by atoms with Crippen LogP contribution in [-0.2, 0) is 19.5 Å². The highest BCUT2D eigenvalue weighted by Gasteiger charge is 2.24. The molecule has 2 heterocycles. The Morgan fingerprint density at radius 1 is 1.23 bits per heavy atom. The molecule has 1 aliphatic heterocycles. The van der Waals surface area contributed by atoms with E-state index in [1.54, 1.807) is 10.7 Å². The number of nitrogens with zero attached hydrogens (tertiary/aromatic N) is 4. The Kier molecular flexibility index (Phi) is 6.13. The first kappa shape index (κ1) is 21.2. The SMILES string of the molecule is CCC(C)NC(=O)c1nnn(-c2cccc3c2CCN(Cc2ccccc2F)C3)c1C. The summed E-state index contributed by atoms with van der Waals surface area (Å²) in [4.78, 5) is 14.8. The molecule has 1 amide bonds. The van der Waals surface area contributed by atoms with Crippen LogP contribution < -0.4 is 5.32 Å². The molecule has 2 aromatic carbocycles. The standard InChI is InChI=1S/C24H28FN5O/c1-4-16(2)26-24(31)23-17(3)30(28-27-23)22-11-7-9-18-14-29(13-12-20(18)22)15-19-8-5-6-10-21(19)25/h5-11,16H,4,12-15H2,1-3H3,(H,26,31). The number of hydrogen-bond acceptors (Lipinski definition) is 4. The van der Waals surface area contributed by atoms with Gasteiger partial charge in [0.05, 0.1) is 11.4 Å². The molecule has 1 atom stereocenters. The van der Waals surface area contributed by atoms with Gasteiger partial charge < -0.3 is 5.32 Å². The van der Waals surface area contributed by atoms with Gasteiger partial charge in [-0.1, -0.05) is 42.5 Å². The van der Waals surface area contributed by atoms with E-state index < -0.39 is 0 Å². The molecule has 31 heavy (non-hydrogen) atoms. The van der Waals surface area contributed by atoms with Crippen molar-refractivity contribution in [3.63, 3.8) is 0 Å². The van der Waals surface area contributed by atoms with Crippen LogP contribution in [0.1, 0.15) is 53.1 Å². The van der Waals surface area contributed by atoms with E-state index >= 15 is 0 Å². The van der Waals surface area contributed by atoms with Crippen LogP contribution in [0.4, 0.5) is 4.39 Å². The second-order valence-corrected chi connectivity index (χ2v) is 8.18.